The highest BCUT2D eigenvalue weighted by atomic mass is 16.2. The maximum atomic E-state index is 13.2. The first kappa shape index (κ1) is 20.6. The lowest BCUT2D eigenvalue weighted by molar-refractivity contribution is -0.123. The van der Waals surface area contributed by atoms with Crippen molar-refractivity contribution in [3.05, 3.63) is 71.8 Å². The van der Waals surface area contributed by atoms with E-state index in [1.165, 1.54) is 0 Å². The lowest BCUT2D eigenvalue weighted by atomic mass is 10.1. The number of nitrogens with zero attached hydrogens (tertiary/aromatic N) is 2. The van der Waals surface area contributed by atoms with Crippen LogP contribution in [0.5, 0.6) is 0 Å². The predicted molar refractivity (Wildman–Crippen MR) is 114 cm³/mol. The number of pyridine rings is 1. The molecule has 0 saturated carbocycles. The van der Waals surface area contributed by atoms with E-state index >= 15 is 0 Å². The number of fused-ring (bicyclic) bond motifs is 1. The van der Waals surface area contributed by atoms with E-state index in [0.29, 0.717) is 11.6 Å². The smallest absolute Gasteiger partial charge is 0.273 e. The van der Waals surface area contributed by atoms with Crippen molar-refractivity contribution in [1.29, 1.82) is 0 Å². The number of aromatic nitrogens is 2. The summed E-state index contributed by atoms with van der Waals surface area (Å²) in [5.41, 5.74) is 1.79. The monoisotopic (exact) mass is 392 g/mol. The molecule has 1 atom stereocenters. The first-order valence-electron chi connectivity index (χ1n) is 9.99. The third-order valence-electron chi connectivity index (χ3n) is 4.53. The lowest BCUT2D eigenvalue weighted by Gasteiger charge is -2.20. The summed E-state index contributed by atoms with van der Waals surface area (Å²) in [7, 11) is 0. The fraction of sp³-hybridized carbons (Fsp3) is 0.348. The van der Waals surface area contributed by atoms with Crippen molar-refractivity contribution in [2.24, 2.45) is 5.92 Å². The van der Waals surface area contributed by atoms with Gasteiger partial charge in [0, 0.05) is 18.7 Å². The molecule has 0 aliphatic rings. The van der Waals surface area contributed by atoms with Crippen LogP contribution in [-0.4, -0.2) is 27.2 Å². The summed E-state index contributed by atoms with van der Waals surface area (Å²) in [6, 6.07) is 14.1. The minimum Gasteiger partial charge on any atom is -0.352 e. The number of rotatable bonds is 7. The molecule has 1 aromatic carbocycles. The zero-order chi connectivity index (χ0) is 21.0. The van der Waals surface area contributed by atoms with E-state index in [9.17, 15) is 9.59 Å². The number of amides is 2. The largest absolute Gasteiger partial charge is 0.352 e. The molecule has 152 valence electrons. The summed E-state index contributed by atoms with van der Waals surface area (Å²) in [4.78, 5) is 30.6. The zero-order valence-electron chi connectivity index (χ0n) is 17.3. The third-order valence-corrected chi connectivity index (χ3v) is 4.53. The summed E-state index contributed by atoms with van der Waals surface area (Å²) in [5, 5.41) is 5.77. The highest BCUT2D eigenvalue weighted by molar-refractivity contribution is 6.01. The average molecular weight is 393 g/mol. The van der Waals surface area contributed by atoms with Crippen LogP contribution in [0.25, 0.3) is 5.52 Å². The molecule has 2 aromatic heterocycles. The minimum absolute atomic E-state index is 0.0308. The number of hydrogen-bond acceptors (Lipinski definition) is 3. The van der Waals surface area contributed by atoms with Gasteiger partial charge in [0.15, 0.2) is 5.69 Å². The van der Waals surface area contributed by atoms with Gasteiger partial charge < -0.3 is 15.0 Å². The number of benzene rings is 1. The molecule has 0 bridgehead atoms. The third kappa shape index (κ3) is 4.83. The molecule has 2 N–H and O–H groups in total. The number of hydrogen-bond donors (Lipinski definition) is 2. The van der Waals surface area contributed by atoms with Gasteiger partial charge in [-0.25, -0.2) is 4.98 Å². The van der Waals surface area contributed by atoms with Crippen LogP contribution in [-0.2, 0) is 11.2 Å². The van der Waals surface area contributed by atoms with Gasteiger partial charge in [-0.05, 0) is 37.5 Å². The average Bonchev–Trinajstić information content (AvgIpc) is 3.04. The maximum absolute atomic E-state index is 13.2. The Labute approximate surface area is 171 Å². The highest BCUT2D eigenvalue weighted by Crippen LogP contribution is 2.19. The Morgan fingerprint density at radius 2 is 1.66 bits per heavy atom. The minimum atomic E-state index is -0.792. The van der Waals surface area contributed by atoms with Gasteiger partial charge in [-0.1, -0.05) is 50.2 Å². The number of carbonyl (C=O) groups is 2. The molecule has 0 spiro atoms. The summed E-state index contributed by atoms with van der Waals surface area (Å²) in [6.07, 6.45) is 2.67. The van der Waals surface area contributed by atoms with Crippen molar-refractivity contribution >= 4 is 17.3 Å². The summed E-state index contributed by atoms with van der Waals surface area (Å²) in [5.74, 6) is 0.635. The predicted octanol–water partition coefficient (Wildman–Crippen LogP) is 3.53. The molecule has 2 heterocycles. The fourth-order valence-corrected chi connectivity index (χ4v) is 3.29. The molecule has 0 aliphatic heterocycles. The molecule has 29 heavy (non-hydrogen) atoms. The summed E-state index contributed by atoms with van der Waals surface area (Å²) in [6.45, 7) is 8.02. The van der Waals surface area contributed by atoms with Gasteiger partial charge >= 0.3 is 0 Å². The van der Waals surface area contributed by atoms with Gasteiger partial charge in [-0.2, -0.15) is 0 Å². The van der Waals surface area contributed by atoms with Crippen molar-refractivity contribution in [1.82, 2.24) is 20.0 Å². The molecule has 0 saturated heterocycles. The lowest BCUT2D eigenvalue weighted by Crippen LogP contribution is -2.42. The molecule has 6 nitrogen and oxygen atoms in total. The molecule has 3 aromatic rings. The Kier molecular flexibility index (Phi) is 6.32. The van der Waals surface area contributed by atoms with Crippen LogP contribution in [0.1, 0.15) is 55.6 Å². The van der Waals surface area contributed by atoms with Gasteiger partial charge in [0.05, 0.1) is 5.52 Å². The van der Waals surface area contributed by atoms with Crippen molar-refractivity contribution in [3.8, 4) is 0 Å². The quantitative estimate of drug-likeness (QED) is 0.646. The number of imidazole rings is 1. The van der Waals surface area contributed by atoms with E-state index in [2.05, 4.69) is 29.5 Å². The molecule has 0 aliphatic carbocycles. The first-order valence-corrected chi connectivity index (χ1v) is 9.99. The highest BCUT2D eigenvalue weighted by Gasteiger charge is 2.26. The van der Waals surface area contributed by atoms with E-state index in [0.717, 1.165) is 23.3 Å². The van der Waals surface area contributed by atoms with Crippen LogP contribution >= 0.6 is 0 Å². The molecule has 3 rings (SSSR count). The molecule has 0 fully saturated rings. The van der Waals surface area contributed by atoms with Crippen molar-refractivity contribution in [2.75, 3.05) is 0 Å². The Morgan fingerprint density at radius 3 is 2.31 bits per heavy atom. The number of nitrogens with one attached hydrogen (secondary N) is 2. The van der Waals surface area contributed by atoms with Crippen molar-refractivity contribution in [3.63, 3.8) is 0 Å². The van der Waals surface area contributed by atoms with Crippen molar-refractivity contribution < 1.29 is 9.59 Å². The second kappa shape index (κ2) is 8.90. The summed E-state index contributed by atoms with van der Waals surface area (Å²) >= 11 is 0. The van der Waals surface area contributed by atoms with Crippen LogP contribution in [0.4, 0.5) is 0 Å². The standard InChI is InChI=1S/C23H28N4O2/c1-15(2)14-19-25-21(18-12-8-9-13-27(18)19)23(29)26-20(22(28)24-16(3)4)17-10-6-5-7-11-17/h5-13,15-16,20H,14H2,1-4H3,(H,24,28)(H,26,29). The van der Waals surface area contributed by atoms with Crippen LogP contribution in [0.3, 0.4) is 0 Å². The molecule has 1 unspecified atom stereocenters. The first-order chi connectivity index (χ1) is 13.9. The van der Waals surface area contributed by atoms with Gasteiger partial charge in [0.25, 0.3) is 5.91 Å². The van der Waals surface area contributed by atoms with Gasteiger partial charge in [0.1, 0.15) is 11.9 Å². The van der Waals surface area contributed by atoms with Gasteiger partial charge in [0.2, 0.25) is 5.91 Å². The normalized spacial score (nSPS) is 12.3. The zero-order valence-corrected chi connectivity index (χ0v) is 17.3. The van der Waals surface area contributed by atoms with Crippen LogP contribution in [0, 0.1) is 5.92 Å². The van der Waals surface area contributed by atoms with Crippen LogP contribution in [0.15, 0.2) is 54.7 Å². The SMILES string of the molecule is CC(C)Cc1nc(C(=O)NC(C(=O)NC(C)C)c2ccccc2)c2ccccn12. The Morgan fingerprint density at radius 1 is 0.966 bits per heavy atom. The van der Waals surface area contributed by atoms with E-state index in [1.807, 2.05) is 73.0 Å². The van der Waals surface area contributed by atoms with E-state index in [-0.39, 0.29) is 17.9 Å². The maximum Gasteiger partial charge on any atom is 0.273 e. The molecule has 2 amide bonds. The van der Waals surface area contributed by atoms with Crippen molar-refractivity contribution in [2.45, 2.75) is 46.2 Å². The van der Waals surface area contributed by atoms with Crippen LogP contribution in [0.2, 0.25) is 0 Å². The van der Waals surface area contributed by atoms with E-state index in [1.54, 1.807) is 0 Å². The Hall–Kier alpha value is -3.15. The Bertz CT molecular complexity index is 993. The summed E-state index contributed by atoms with van der Waals surface area (Å²) < 4.78 is 1.95. The van der Waals surface area contributed by atoms with Gasteiger partial charge in [-0.15, -0.1) is 0 Å². The van der Waals surface area contributed by atoms with E-state index in [4.69, 9.17) is 0 Å². The fourth-order valence-electron chi connectivity index (χ4n) is 3.29. The molecular formula is C23H28N4O2. The van der Waals surface area contributed by atoms with Crippen LogP contribution < -0.4 is 10.6 Å². The topological polar surface area (TPSA) is 75.5 Å². The molecule has 6 heteroatoms. The van der Waals surface area contributed by atoms with E-state index < -0.39 is 6.04 Å². The molecule has 0 radical (unpaired) electrons. The molecular weight excluding hydrogens is 364 g/mol. The second-order valence-electron chi connectivity index (χ2n) is 7.91. The van der Waals surface area contributed by atoms with Gasteiger partial charge in [-0.3, -0.25) is 9.59 Å². The second-order valence-corrected chi connectivity index (χ2v) is 7.91. The number of carbonyl (C=O) groups excluding carboxylic acids is 2. The Balaban J connectivity index is 1.95.